The zero-order valence-corrected chi connectivity index (χ0v) is 18.6. The van der Waals surface area contributed by atoms with E-state index in [0.717, 1.165) is 41.8 Å². The summed E-state index contributed by atoms with van der Waals surface area (Å²) < 4.78 is 45.0. The second-order valence-electron chi connectivity index (χ2n) is 8.02. The van der Waals surface area contributed by atoms with Crippen molar-refractivity contribution in [2.75, 3.05) is 26.8 Å². The summed E-state index contributed by atoms with van der Waals surface area (Å²) in [7, 11) is 1.88. The van der Waals surface area contributed by atoms with Gasteiger partial charge in [0.25, 0.3) is 0 Å². The van der Waals surface area contributed by atoms with Crippen LogP contribution in [0.3, 0.4) is 0 Å². The fourth-order valence-electron chi connectivity index (χ4n) is 3.90. The standard InChI is InChI=1S/C24H30F3N3O2/c1-4-12-32-15-17(5-2)29-21-9-11-30(3)23(18-8-10-28-14-20(18)21)19-7-6-16(13-22(19)31)24(25,26)27/h6-10,13-14,17,23,29,31H,4-5,11-12,15H2,1-3H3. The van der Waals surface area contributed by atoms with Gasteiger partial charge in [0.15, 0.2) is 0 Å². The van der Waals surface area contributed by atoms with Gasteiger partial charge in [-0.25, -0.2) is 0 Å². The third kappa shape index (κ3) is 5.42. The van der Waals surface area contributed by atoms with Crippen molar-refractivity contribution >= 4 is 5.70 Å². The molecule has 0 radical (unpaired) electrons. The first-order chi connectivity index (χ1) is 15.3. The smallest absolute Gasteiger partial charge is 0.416 e. The molecule has 32 heavy (non-hydrogen) atoms. The number of fused-ring (bicyclic) bond motifs is 1. The van der Waals surface area contributed by atoms with Gasteiger partial charge in [-0.15, -0.1) is 0 Å². The summed E-state index contributed by atoms with van der Waals surface area (Å²) >= 11 is 0. The number of hydrogen-bond acceptors (Lipinski definition) is 5. The van der Waals surface area contributed by atoms with E-state index < -0.39 is 17.8 Å². The van der Waals surface area contributed by atoms with E-state index in [2.05, 4.69) is 24.1 Å². The van der Waals surface area contributed by atoms with Gasteiger partial charge in [0.2, 0.25) is 0 Å². The Bertz CT molecular complexity index is 946. The molecule has 2 unspecified atom stereocenters. The molecule has 0 aliphatic carbocycles. The zero-order valence-electron chi connectivity index (χ0n) is 18.6. The van der Waals surface area contributed by atoms with Crippen LogP contribution in [0.25, 0.3) is 5.70 Å². The second kappa shape index (κ2) is 10.4. The quantitative estimate of drug-likeness (QED) is 0.557. The number of pyridine rings is 1. The number of nitrogens with one attached hydrogen (secondary N) is 1. The largest absolute Gasteiger partial charge is 0.508 e. The molecule has 1 aromatic heterocycles. The Balaban J connectivity index is 1.96. The van der Waals surface area contributed by atoms with Gasteiger partial charge in [0.1, 0.15) is 5.75 Å². The van der Waals surface area contributed by atoms with Gasteiger partial charge < -0.3 is 15.2 Å². The minimum Gasteiger partial charge on any atom is -0.508 e. The van der Waals surface area contributed by atoms with Crippen LogP contribution >= 0.6 is 0 Å². The van der Waals surface area contributed by atoms with E-state index in [-0.39, 0.29) is 11.8 Å². The molecule has 0 bridgehead atoms. The van der Waals surface area contributed by atoms with E-state index >= 15 is 0 Å². The van der Waals surface area contributed by atoms with Crippen LogP contribution in [-0.4, -0.2) is 47.8 Å². The van der Waals surface area contributed by atoms with Gasteiger partial charge >= 0.3 is 6.18 Å². The summed E-state index contributed by atoms with van der Waals surface area (Å²) in [6.45, 7) is 5.97. The highest BCUT2D eigenvalue weighted by Crippen LogP contribution is 2.40. The summed E-state index contributed by atoms with van der Waals surface area (Å²) in [5.74, 6) is -0.379. The topological polar surface area (TPSA) is 57.6 Å². The van der Waals surface area contributed by atoms with Crippen molar-refractivity contribution in [3.63, 3.8) is 0 Å². The third-order valence-electron chi connectivity index (χ3n) is 5.64. The van der Waals surface area contributed by atoms with Crippen molar-refractivity contribution in [2.45, 2.75) is 44.9 Å². The summed E-state index contributed by atoms with van der Waals surface area (Å²) in [6.07, 6.45) is 2.77. The first kappa shape index (κ1) is 24.1. The lowest BCUT2D eigenvalue weighted by molar-refractivity contribution is -0.137. The number of ether oxygens (including phenoxy) is 1. The number of aromatic hydroxyl groups is 1. The maximum atomic E-state index is 13.1. The lowest BCUT2D eigenvalue weighted by atomic mass is 9.93. The maximum Gasteiger partial charge on any atom is 0.416 e. The van der Waals surface area contributed by atoms with E-state index in [0.29, 0.717) is 25.3 Å². The maximum absolute atomic E-state index is 13.1. The fourth-order valence-corrected chi connectivity index (χ4v) is 3.90. The summed E-state index contributed by atoms with van der Waals surface area (Å²) in [6, 6.07) is 4.70. The molecule has 2 N–H and O–H groups in total. The molecule has 2 aromatic rings. The van der Waals surface area contributed by atoms with Crippen molar-refractivity contribution in [3.05, 3.63) is 65.0 Å². The van der Waals surface area contributed by atoms with Crippen molar-refractivity contribution in [3.8, 4) is 5.75 Å². The highest BCUT2D eigenvalue weighted by Gasteiger charge is 2.33. The fraction of sp³-hybridized carbons (Fsp3) is 0.458. The molecule has 1 aromatic carbocycles. The Hall–Kier alpha value is -2.58. The molecule has 0 spiro atoms. The lowest BCUT2D eigenvalue weighted by Crippen LogP contribution is -2.32. The first-order valence-corrected chi connectivity index (χ1v) is 10.8. The van der Waals surface area contributed by atoms with Crippen LogP contribution in [0.4, 0.5) is 13.2 Å². The monoisotopic (exact) mass is 449 g/mol. The van der Waals surface area contributed by atoms with E-state index in [9.17, 15) is 18.3 Å². The number of aromatic nitrogens is 1. The number of rotatable bonds is 8. The first-order valence-electron chi connectivity index (χ1n) is 10.8. The van der Waals surface area contributed by atoms with Crippen LogP contribution in [0.2, 0.25) is 0 Å². The Labute approximate surface area is 186 Å². The number of nitrogens with zero attached hydrogens (tertiary/aromatic N) is 2. The predicted molar refractivity (Wildman–Crippen MR) is 118 cm³/mol. The summed E-state index contributed by atoms with van der Waals surface area (Å²) in [5, 5.41) is 14.1. The molecule has 1 aliphatic rings. The SMILES string of the molecule is CCCOCC(CC)NC1=CCN(C)C(c2ccc(C(F)(F)F)cc2O)c2ccncc21. The Morgan fingerprint density at radius 3 is 2.69 bits per heavy atom. The van der Waals surface area contributed by atoms with E-state index in [1.165, 1.54) is 6.07 Å². The van der Waals surface area contributed by atoms with E-state index in [1.54, 1.807) is 12.4 Å². The average molecular weight is 450 g/mol. The molecular weight excluding hydrogens is 419 g/mol. The van der Waals surface area contributed by atoms with Crippen LogP contribution in [-0.2, 0) is 10.9 Å². The number of alkyl halides is 3. The molecule has 1 aliphatic heterocycles. The predicted octanol–water partition coefficient (Wildman–Crippen LogP) is 4.98. The molecular formula is C24H30F3N3O2. The summed E-state index contributed by atoms with van der Waals surface area (Å²) in [4.78, 5) is 6.27. The van der Waals surface area contributed by atoms with Gasteiger partial charge in [0.05, 0.1) is 18.2 Å². The number of hydrogen-bond donors (Lipinski definition) is 2. The van der Waals surface area contributed by atoms with Crippen LogP contribution < -0.4 is 5.32 Å². The van der Waals surface area contributed by atoms with Crippen molar-refractivity contribution in [1.29, 1.82) is 0 Å². The van der Waals surface area contributed by atoms with Crippen molar-refractivity contribution < 1.29 is 23.0 Å². The molecule has 0 saturated carbocycles. The molecule has 174 valence electrons. The molecule has 0 fully saturated rings. The molecule has 0 saturated heterocycles. The van der Waals surface area contributed by atoms with Crippen LogP contribution in [0.15, 0.2) is 42.7 Å². The minimum atomic E-state index is -4.51. The highest BCUT2D eigenvalue weighted by atomic mass is 19.4. The van der Waals surface area contributed by atoms with Gasteiger partial charge in [-0.2, -0.15) is 13.2 Å². The number of halogens is 3. The number of phenols is 1. The van der Waals surface area contributed by atoms with Crippen molar-refractivity contribution in [1.82, 2.24) is 15.2 Å². The van der Waals surface area contributed by atoms with Crippen LogP contribution in [0, 0.1) is 0 Å². The minimum absolute atomic E-state index is 0.113. The second-order valence-corrected chi connectivity index (χ2v) is 8.02. The van der Waals surface area contributed by atoms with Gasteiger partial charge in [0, 0.05) is 48.4 Å². The molecule has 2 heterocycles. The molecule has 3 rings (SSSR count). The molecule has 2 atom stereocenters. The Morgan fingerprint density at radius 1 is 1.25 bits per heavy atom. The molecule has 5 nitrogen and oxygen atoms in total. The summed E-state index contributed by atoms with van der Waals surface area (Å²) in [5.41, 5.74) is 2.17. The van der Waals surface area contributed by atoms with Gasteiger partial charge in [-0.1, -0.05) is 19.9 Å². The number of phenolic OH excluding ortho intramolecular Hbond substituents is 1. The van der Waals surface area contributed by atoms with Crippen LogP contribution in [0.5, 0.6) is 5.75 Å². The number of benzene rings is 1. The average Bonchev–Trinajstić information content (AvgIpc) is 2.89. The van der Waals surface area contributed by atoms with E-state index in [1.807, 2.05) is 24.1 Å². The lowest BCUT2D eigenvalue weighted by Gasteiger charge is -2.28. The Kier molecular flexibility index (Phi) is 7.79. The molecule has 8 heteroatoms. The van der Waals surface area contributed by atoms with Crippen molar-refractivity contribution in [2.24, 2.45) is 0 Å². The number of likely N-dealkylation sites (N-methyl/N-ethyl adjacent to an activating group) is 1. The normalized spacial score (nSPS) is 17.9. The van der Waals surface area contributed by atoms with E-state index in [4.69, 9.17) is 4.74 Å². The highest BCUT2D eigenvalue weighted by molar-refractivity contribution is 5.69. The zero-order chi connectivity index (χ0) is 23.3. The third-order valence-corrected chi connectivity index (χ3v) is 5.64. The van der Waals surface area contributed by atoms with Gasteiger partial charge in [-0.05, 0) is 49.7 Å². The molecule has 0 amide bonds. The van der Waals surface area contributed by atoms with Crippen LogP contribution in [0.1, 0.15) is 55.0 Å². The Morgan fingerprint density at radius 2 is 2.03 bits per heavy atom. The van der Waals surface area contributed by atoms with Gasteiger partial charge in [-0.3, -0.25) is 9.88 Å².